The Labute approximate surface area is 124 Å². The Balaban J connectivity index is 2.47. The van der Waals surface area contributed by atoms with E-state index in [0.29, 0.717) is 11.1 Å². The largest absolute Gasteiger partial charge is 0.493 e. The smallest absolute Gasteiger partial charge is 0.161 e. The molecule has 2 nitrogen and oxygen atoms in total. The van der Waals surface area contributed by atoms with Crippen molar-refractivity contribution in [2.45, 2.75) is 36.7 Å². The first-order chi connectivity index (χ1) is 9.00. The number of benzene rings is 1. The van der Waals surface area contributed by atoms with Gasteiger partial charge in [-0.2, -0.15) is 0 Å². The van der Waals surface area contributed by atoms with E-state index in [4.69, 9.17) is 21.1 Å². The molecule has 0 saturated carbocycles. The van der Waals surface area contributed by atoms with Crippen molar-refractivity contribution in [3.8, 4) is 11.5 Å². The van der Waals surface area contributed by atoms with E-state index in [-0.39, 0.29) is 4.75 Å². The average Bonchev–Trinajstić information content (AvgIpc) is 2.36. The Morgan fingerprint density at radius 1 is 1.26 bits per heavy atom. The van der Waals surface area contributed by atoms with Crippen LogP contribution in [0.5, 0.6) is 11.5 Å². The molecular weight excluding hydrogens is 280 g/mol. The van der Waals surface area contributed by atoms with Crippen molar-refractivity contribution in [1.82, 2.24) is 0 Å². The van der Waals surface area contributed by atoms with E-state index in [9.17, 15) is 0 Å². The third-order valence-electron chi connectivity index (χ3n) is 3.44. The predicted octanol–water partition coefficient (Wildman–Crippen LogP) is 4.44. The zero-order valence-corrected chi connectivity index (χ0v) is 13.5. The van der Waals surface area contributed by atoms with Crippen LogP contribution in [-0.4, -0.2) is 24.8 Å². The number of hydrogen-bond acceptors (Lipinski definition) is 3. The quantitative estimate of drug-likeness (QED) is 0.766. The molecule has 0 aliphatic carbocycles. The minimum atomic E-state index is 0.239. The normalized spacial score (nSPS) is 20.8. The Hall–Kier alpha value is -0.540. The molecule has 2 rings (SSSR count). The van der Waals surface area contributed by atoms with Crippen LogP contribution in [0.2, 0.25) is 0 Å². The van der Waals surface area contributed by atoms with Gasteiger partial charge in [0.25, 0.3) is 0 Å². The van der Waals surface area contributed by atoms with Crippen LogP contribution in [0.1, 0.15) is 36.6 Å². The van der Waals surface area contributed by atoms with Crippen molar-refractivity contribution in [2.75, 3.05) is 20.1 Å². The Kier molecular flexibility index (Phi) is 4.57. The lowest BCUT2D eigenvalue weighted by atomic mass is 9.93. The number of alkyl halides is 1. The first-order valence-corrected chi connectivity index (χ1v) is 7.90. The van der Waals surface area contributed by atoms with E-state index >= 15 is 0 Å². The van der Waals surface area contributed by atoms with Gasteiger partial charge in [0, 0.05) is 15.9 Å². The fourth-order valence-corrected chi connectivity index (χ4v) is 4.59. The van der Waals surface area contributed by atoms with Crippen molar-refractivity contribution in [2.24, 2.45) is 0 Å². The molecule has 1 atom stereocenters. The van der Waals surface area contributed by atoms with Crippen LogP contribution in [0.4, 0.5) is 0 Å². The monoisotopic (exact) mass is 300 g/mol. The van der Waals surface area contributed by atoms with Crippen LogP contribution in [-0.2, 0) is 6.42 Å². The van der Waals surface area contributed by atoms with Gasteiger partial charge in [-0.3, -0.25) is 0 Å². The van der Waals surface area contributed by atoms with Crippen LogP contribution >= 0.6 is 23.4 Å². The van der Waals surface area contributed by atoms with Crippen LogP contribution < -0.4 is 9.47 Å². The molecule has 1 aromatic rings. The van der Waals surface area contributed by atoms with Gasteiger partial charge in [0.2, 0.25) is 0 Å². The number of fused-ring (bicyclic) bond motifs is 1. The average molecular weight is 301 g/mol. The van der Waals surface area contributed by atoms with Crippen LogP contribution in [0.15, 0.2) is 12.1 Å². The van der Waals surface area contributed by atoms with Gasteiger partial charge in [0.1, 0.15) is 0 Å². The Morgan fingerprint density at radius 2 is 1.89 bits per heavy atom. The number of methoxy groups -OCH3 is 2. The lowest BCUT2D eigenvalue weighted by Crippen LogP contribution is -2.26. The minimum absolute atomic E-state index is 0.239. The molecule has 106 valence electrons. The first kappa shape index (κ1) is 14.9. The highest BCUT2D eigenvalue weighted by Crippen LogP contribution is 2.50. The molecule has 19 heavy (non-hydrogen) atoms. The molecule has 0 saturated heterocycles. The molecule has 4 heteroatoms. The fraction of sp³-hybridized carbons (Fsp3) is 0.600. The molecule has 0 spiro atoms. The van der Waals surface area contributed by atoms with Gasteiger partial charge in [-0.1, -0.05) is 13.8 Å². The second kappa shape index (κ2) is 5.84. The molecule has 1 unspecified atom stereocenters. The third-order valence-corrected chi connectivity index (χ3v) is 5.22. The topological polar surface area (TPSA) is 18.5 Å². The third kappa shape index (κ3) is 3.14. The molecule has 1 aliphatic rings. The zero-order valence-electron chi connectivity index (χ0n) is 12.0. The molecule has 0 N–H and O–H groups in total. The van der Waals surface area contributed by atoms with Crippen LogP contribution in [0.25, 0.3) is 0 Å². The summed E-state index contributed by atoms with van der Waals surface area (Å²) in [6, 6.07) is 4.24. The van der Waals surface area contributed by atoms with Crippen molar-refractivity contribution in [1.29, 1.82) is 0 Å². The standard InChI is InChI=1S/C15H21ClO2S/c1-15(2)9-10-7-12(17-3)13(18-4)8-11(10)14(19-15)5-6-16/h7-8,14H,5-6,9H2,1-4H3. The van der Waals surface area contributed by atoms with Gasteiger partial charge in [-0.15, -0.1) is 23.4 Å². The molecule has 0 radical (unpaired) electrons. The van der Waals surface area contributed by atoms with E-state index in [1.807, 2.05) is 11.8 Å². The van der Waals surface area contributed by atoms with Gasteiger partial charge in [0.15, 0.2) is 11.5 Å². The summed E-state index contributed by atoms with van der Waals surface area (Å²) in [5.74, 6) is 2.30. The van der Waals surface area contributed by atoms with E-state index in [1.54, 1.807) is 14.2 Å². The Morgan fingerprint density at radius 3 is 2.47 bits per heavy atom. The summed E-state index contributed by atoms with van der Waals surface area (Å²) in [6.45, 7) is 4.58. The maximum atomic E-state index is 5.96. The summed E-state index contributed by atoms with van der Waals surface area (Å²) in [7, 11) is 3.37. The number of hydrogen-bond donors (Lipinski definition) is 0. The van der Waals surface area contributed by atoms with Crippen molar-refractivity contribution in [3.05, 3.63) is 23.3 Å². The van der Waals surface area contributed by atoms with E-state index in [0.717, 1.165) is 24.3 Å². The van der Waals surface area contributed by atoms with Gasteiger partial charge < -0.3 is 9.47 Å². The summed E-state index contributed by atoms with van der Waals surface area (Å²) >= 11 is 7.97. The lowest BCUT2D eigenvalue weighted by molar-refractivity contribution is 0.353. The summed E-state index contributed by atoms with van der Waals surface area (Å²) in [6.07, 6.45) is 2.03. The molecule has 0 aromatic heterocycles. The van der Waals surface area contributed by atoms with Crippen LogP contribution in [0, 0.1) is 0 Å². The first-order valence-electron chi connectivity index (χ1n) is 6.49. The maximum Gasteiger partial charge on any atom is 0.161 e. The molecular formula is C15H21ClO2S. The van der Waals surface area contributed by atoms with E-state index < -0.39 is 0 Å². The van der Waals surface area contributed by atoms with Crippen molar-refractivity contribution >= 4 is 23.4 Å². The summed E-state index contributed by atoms with van der Waals surface area (Å²) in [5, 5.41) is 0.441. The molecule has 0 amide bonds. The SMILES string of the molecule is COc1cc2c(cc1OC)C(CCCl)SC(C)(C)C2. The van der Waals surface area contributed by atoms with Crippen LogP contribution in [0.3, 0.4) is 0 Å². The van der Waals surface area contributed by atoms with E-state index in [2.05, 4.69) is 26.0 Å². The van der Waals surface area contributed by atoms with Gasteiger partial charge in [-0.25, -0.2) is 0 Å². The highest BCUT2D eigenvalue weighted by molar-refractivity contribution is 8.00. The van der Waals surface area contributed by atoms with E-state index in [1.165, 1.54) is 11.1 Å². The van der Waals surface area contributed by atoms with Crippen molar-refractivity contribution in [3.63, 3.8) is 0 Å². The number of ether oxygens (including phenoxy) is 2. The molecule has 1 heterocycles. The van der Waals surface area contributed by atoms with Gasteiger partial charge >= 0.3 is 0 Å². The van der Waals surface area contributed by atoms with Crippen molar-refractivity contribution < 1.29 is 9.47 Å². The minimum Gasteiger partial charge on any atom is -0.493 e. The summed E-state index contributed by atoms with van der Waals surface area (Å²) in [4.78, 5) is 0. The predicted molar refractivity (Wildman–Crippen MR) is 83.0 cm³/mol. The summed E-state index contributed by atoms with van der Waals surface area (Å²) < 4.78 is 11.1. The molecule has 0 fully saturated rings. The fourth-order valence-electron chi connectivity index (χ4n) is 2.65. The molecule has 1 aromatic carbocycles. The maximum absolute atomic E-state index is 5.96. The zero-order chi connectivity index (χ0) is 14.0. The highest BCUT2D eigenvalue weighted by atomic mass is 35.5. The van der Waals surface area contributed by atoms with Gasteiger partial charge in [-0.05, 0) is 36.1 Å². The highest BCUT2D eigenvalue weighted by Gasteiger charge is 2.33. The number of halogens is 1. The number of rotatable bonds is 4. The summed E-state index contributed by atoms with van der Waals surface area (Å²) in [5.41, 5.74) is 2.71. The molecule has 1 aliphatic heterocycles. The molecule has 0 bridgehead atoms. The Bertz CT molecular complexity index is 460. The number of thioether (sulfide) groups is 1. The lowest BCUT2D eigenvalue weighted by Gasteiger charge is -2.37. The second-order valence-corrected chi connectivity index (χ2v) is 7.71. The second-order valence-electron chi connectivity index (χ2n) is 5.43. The van der Waals surface area contributed by atoms with Gasteiger partial charge in [0.05, 0.1) is 14.2 Å².